The van der Waals surface area contributed by atoms with Crippen LogP contribution in [-0.4, -0.2) is 55.0 Å². The fraction of sp³-hybridized carbons (Fsp3) is 0.357. The Kier molecular flexibility index (Phi) is 10.4. The summed E-state index contributed by atoms with van der Waals surface area (Å²) in [5, 5.41) is 2.01. The maximum atomic E-state index is 13.6. The van der Waals surface area contributed by atoms with E-state index in [0.717, 1.165) is 21.3 Å². The number of amides is 2. The molecule has 1 atom stereocenters. The van der Waals surface area contributed by atoms with E-state index in [0.29, 0.717) is 36.6 Å². The molecule has 2 aromatic carbocycles. The highest BCUT2D eigenvalue weighted by Crippen LogP contribution is 2.28. The second kappa shape index (κ2) is 13.5. The topological polar surface area (TPSA) is 59.1 Å². The molecule has 192 valence electrons. The van der Waals surface area contributed by atoms with Crippen LogP contribution in [0.2, 0.25) is 0 Å². The number of halogens is 1. The summed E-state index contributed by atoms with van der Waals surface area (Å²) in [6.07, 6.45) is 1.41. The molecule has 36 heavy (non-hydrogen) atoms. The molecule has 1 aromatic heterocycles. The normalized spacial score (nSPS) is 11.6. The van der Waals surface area contributed by atoms with Gasteiger partial charge in [0.2, 0.25) is 5.91 Å². The summed E-state index contributed by atoms with van der Waals surface area (Å²) in [7, 11) is 3.22. The van der Waals surface area contributed by atoms with Gasteiger partial charge in [-0.2, -0.15) is 0 Å². The van der Waals surface area contributed by atoms with Gasteiger partial charge in [0.25, 0.3) is 5.91 Å². The van der Waals surface area contributed by atoms with Crippen LogP contribution >= 0.6 is 27.3 Å². The molecule has 0 aliphatic heterocycles. The molecule has 1 unspecified atom stereocenters. The first kappa shape index (κ1) is 27.7. The molecule has 0 bridgehead atoms. The van der Waals surface area contributed by atoms with E-state index in [2.05, 4.69) is 15.9 Å². The van der Waals surface area contributed by atoms with Gasteiger partial charge in [-0.05, 0) is 67.1 Å². The van der Waals surface area contributed by atoms with E-state index in [1.807, 2.05) is 66.6 Å². The van der Waals surface area contributed by atoms with E-state index in [-0.39, 0.29) is 24.4 Å². The molecule has 0 fully saturated rings. The third-order valence-corrected chi connectivity index (χ3v) is 7.51. The minimum atomic E-state index is -0.144. The number of ether oxygens (including phenoxy) is 2. The minimum Gasteiger partial charge on any atom is -0.493 e. The average molecular weight is 574 g/mol. The predicted molar refractivity (Wildman–Crippen MR) is 148 cm³/mol. The van der Waals surface area contributed by atoms with Gasteiger partial charge in [0, 0.05) is 27.5 Å². The molecule has 0 saturated carbocycles. The van der Waals surface area contributed by atoms with Crippen LogP contribution in [0.3, 0.4) is 0 Å². The Bertz CT molecular complexity index is 1150. The number of thiophene rings is 1. The Morgan fingerprint density at radius 2 is 1.81 bits per heavy atom. The molecule has 0 aliphatic rings. The molecule has 0 aliphatic carbocycles. The van der Waals surface area contributed by atoms with Gasteiger partial charge < -0.3 is 19.3 Å². The molecule has 1 heterocycles. The number of hydrogen-bond acceptors (Lipinski definition) is 5. The molecule has 0 N–H and O–H groups in total. The molecule has 3 rings (SSSR count). The van der Waals surface area contributed by atoms with Gasteiger partial charge in [0.15, 0.2) is 11.5 Å². The Balaban J connectivity index is 1.80. The summed E-state index contributed by atoms with van der Waals surface area (Å²) in [4.78, 5) is 31.6. The van der Waals surface area contributed by atoms with Crippen molar-refractivity contribution in [1.82, 2.24) is 9.80 Å². The van der Waals surface area contributed by atoms with Crippen LogP contribution in [0.5, 0.6) is 11.5 Å². The first-order chi connectivity index (χ1) is 17.4. The van der Waals surface area contributed by atoms with Crippen molar-refractivity contribution in [1.29, 1.82) is 0 Å². The predicted octanol–water partition coefficient (Wildman–Crippen LogP) is 6.04. The lowest BCUT2D eigenvalue weighted by Crippen LogP contribution is -2.46. The van der Waals surface area contributed by atoms with Crippen molar-refractivity contribution in [2.75, 3.05) is 27.3 Å². The van der Waals surface area contributed by atoms with Gasteiger partial charge in [0.05, 0.1) is 20.8 Å². The number of rotatable bonds is 12. The van der Waals surface area contributed by atoms with Crippen molar-refractivity contribution >= 4 is 39.1 Å². The molecule has 2 amide bonds. The molecule has 0 radical (unpaired) electrons. The molecule has 6 nitrogen and oxygen atoms in total. The molecular formula is C28H33BrN2O4S. The average Bonchev–Trinajstić information content (AvgIpc) is 3.41. The maximum Gasteiger partial charge on any atom is 0.254 e. The molecule has 0 spiro atoms. The Labute approximate surface area is 226 Å². The lowest BCUT2D eigenvalue weighted by atomic mass is 10.1. The van der Waals surface area contributed by atoms with E-state index >= 15 is 0 Å². The van der Waals surface area contributed by atoms with Crippen molar-refractivity contribution in [3.8, 4) is 11.5 Å². The van der Waals surface area contributed by atoms with E-state index in [4.69, 9.17) is 9.47 Å². The van der Waals surface area contributed by atoms with Crippen LogP contribution in [0.4, 0.5) is 0 Å². The number of benzene rings is 2. The largest absolute Gasteiger partial charge is 0.493 e. The molecule has 8 heteroatoms. The maximum absolute atomic E-state index is 13.6. The zero-order valence-corrected chi connectivity index (χ0v) is 23.6. The van der Waals surface area contributed by atoms with E-state index < -0.39 is 0 Å². The Hall–Kier alpha value is -2.84. The SMILES string of the molecule is CCC(C)N(CC(=O)N(CCc1ccc(OC)c(OC)c1)Cc1cccs1)C(=O)c1cccc(Br)c1. The van der Waals surface area contributed by atoms with Crippen molar-refractivity contribution in [2.45, 2.75) is 39.3 Å². The van der Waals surface area contributed by atoms with Crippen LogP contribution in [0.1, 0.15) is 41.1 Å². The molecule has 0 saturated heterocycles. The number of carbonyl (C=O) groups excluding carboxylic acids is 2. The number of nitrogens with zero attached hydrogens (tertiary/aromatic N) is 2. The highest BCUT2D eigenvalue weighted by molar-refractivity contribution is 9.10. The van der Waals surface area contributed by atoms with Crippen LogP contribution < -0.4 is 9.47 Å². The fourth-order valence-electron chi connectivity index (χ4n) is 3.86. The number of carbonyl (C=O) groups is 2. The monoisotopic (exact) mass is 572 g/mol. The Morgan fingerprint density at radius 1 is 1.03 bits per heavy atom. The minimum absolute atomic E-state index is 0.0255. The van der Waals surface area contributed by atoms with Crippen molar-refractivity contribution in [2.24, 2.45) is 0 Å². The van der Waals surface area contributed by atoms with Gasteiger partial charge in [0.1, 0.15) is 6.54 Å². The summed E-state index contributed by atoms with van der Waals surface area (Å²) < 4.78 is 11.6. The standard InChI is InChI=1S/C28H33BrN2O4S/c1-5-20(2)31(28(33)22-8-6-9-23(29)17-22)19-27(32)30(18-24-10-7-15-36-24)14-13-21-11-12-25(34-3)26(16-21)35-4/h6-12,15-17,20H,5,13-14,18-19H2,1-4H3. The highest BCUT2D eigenvalue weighted by atomic mass is 79.9. The quantitative estimate of drug-likeness (QED) is 0.265. The summed E-state index contributed by atoms with van der Waals surface area (Å²) >= 11 is 5.06. The smallest absolute Gasteiger partial charge is 0.254 e. The van der Waals surface area contributed by atoms with E-state index in [9.17, 15) is 9.59 Å². The summed E-state index contributed by atoms with van der Waals surface area (Å²) in [6, 6.07) is 17.0. The summed E-state index contributed by atoms with van der Waals surface area (Å²) in [5.74, 6) is 1.11. The van der Waals surface area contributed by atoms with Crippen LogP contribution in [0, 0.1) is 0 Å². The number of methoxy groups -OCH3 is 2. The summed E-state index contributed by atoms with van der Waals surface area (Å²) in [6.45, 7) is 5.06. The van der Waals surface area contributed by atoms with Gasteiger partial charge >= 0.3 is 0 Å². The number of hydrogen-bond donors (Lipinski definition) is 0. The summed E-state index contributed by atoms with van der Waals surface area (Å²) in [5.41, 5.74) is 1.60. The third-order valence-electron chi connectivity index (χ3n) is 6.16. The lowest BCUT2D eigenvalue weighted by Gasteiger charge is -2.31. The van der Waals surface area contributed by atoms with Crippen molar-refractivity contribution in [3.63, 3.8) is 0 Å². The van der Waals surface area contributed by atoms with Gasteiger partial charge in [-0.15, -0.1) is 11.3 Å². The molecular weight excluding hydrogens is 540 g/mol. The zero-order chi connectivity index (χ0) is 26.1. The third kappa shape index (κ3) is 7.34. The first-order valence-electron chi connectivity index (χ1n) is 11.9. The van der Waals surface area contributed by atoms with Gasteiger partial charge in [-0.25, -0.2) is 0 Å². The second-order valence-corrected chi connectivity index (χ2v) is 10.5. The first-order valence-corrected chi connectivity index (χ1v) is 13.6. The molecule has 3 aromatic rings. The second-order valence-electron chi connectivity index (χ2n) is 8.53. The zero-order valence-electron chi connectivity index (χ0n) is 21.2. The highest BCUT2D eigenvalue weighted by Gasteiger charge is 2.26. The fourth-order valence-corrected chi connectivity index (χ4v) is 4.98. The van der Waals surface area contributed by atoms with Crippen LogP contribution in [-0.2, 0) is 17.8 Å². The Morgan fingerprint density at radius 3 is 2.44 bits per heavy atom. The van der Waals surface area contributed by atoms with Crippen molar-refractivity contribution in [3.05, 3.63) is 80.5 Å². The van der Waals surface area contributed by atoms with Gasteiger partial charge in [-0.3, -0.25) is 9.59 Å². The lowest BCUT2D eigenvalue weighted by molar-refractivity contribution is -0.132. The van der Waals surface area contributed by atoms with Gasteiger partial charge in [-0.1, -0.05) is 41.1 Å². The van der Waals surface area contributed by atoms with E-state index in [1.165, 1.54) is 0 Å². The van der Waals surface area contributed by atoms with Crippen LogP contribution in [0.15, 0.2) is 64.5 Å². The van der Waals surface area contributed by atoms with E-state index in [1.54, 1.807) is 42.6 Å². The van der Waals surface area contributed by atoms with Crippen molar-refractivity contribution < 1.29 is 19.1 Å². The van der Waals surface area contributed by atoms with Crippen LogP contribution in [0.25, 0.3) is 0 Å².